The number of amides is 1. The van der Waals surface area contributed by atoms with Crippen molar-refractivity contribution >= 4 is 21.6 Å². The van der Waals surface area contributed by atoms with Gasteiger partial charge in [0.05, 0.1) is 24.4 Å². The molecule has 0 saturated carbocycles. The van der Waals surface area contributed by atoms with E-state index in [1.54, 1.807) is 39.8 Å². The van der Waals surface area contributed by atoms with Gasteiger partial charge in [-0.25, -0.2) is 8.42 Å². The lowest BCUT2D eigenvalue weighted by Crippen LogP contribution is -2.31. The Hall–Kier alpha value is -3.17. The van der Waals surface area contributed by atoms with Crippen molar-refractivity contribution in [1.29, 1.82) is 0 Å². The number of benzene rings is 2. The predicted molar refractivity (Wildman–Crippen MR) is 138 cm³/mol. The summed E-state index contributed by atoms with van der Waals surface area (Å²) in [6, 6.07) is 12.9. The lowest BCUT2D eigenvalue weighted by molar-refractivity contribution is 0.102. The molecule has 0 aliphatic rings. The summed E-state index contributed by atoms with van der Waals surface area (Å²) in [7, 11) is -3.79. The van der Waals surface area contributed by atoms with Gasteiger partial charge >= 0.3 is 0 Å². The lowest BCUT2D eigenvalue weighted by atomic mass is 10.1. The van der Waals surface area contributed by atoms with Crippen molar-refractivity contribution in [3.63, 3.8) is 0 Å². The quantitative estimate of drug-likeness (QED) is 0.443. The maximum Gasteiger partial charge on any atom is 0.259 e. The Balaban J connectivity index is 1.91. The van der Waals surface area contributed by atoms with E-state index in [2.05, 4.69) is 10.4 Å². The van der Waals surface area contributed by atoms with E-state index in [9.17, 15) is 13.2 Å². The van der Waals surface area contributed by atoms with Crippen LogP contribution < -0.4 is 10.1 Å². The molecule has 9 heteroatoms. The monoisotopic (exact) mass is 498 g/mol. The van der Waals surface area contributed by atoms with Gasteiger partial charge in [0.25, 0.3) is 5.91 Å². The summed E-state index contributed by atoms with van der Waals surface area (Å²) in [5.74, 6) is -0.0822. The summed E-state index contributed by atoms with van der Waals surface area (Å²) in [4.78, 5) is 13.3. The smallest absolute Gasteiger partial charge is 0.259 e. The minimum atomic E-state index is -3.79. The van der Waals surface area contributed by atoms with Gasteiger partial charge in [0.15, 0.2) is 0 Å². The Morgan fingerprint density at radius 2 is 1.69 bits per heavy atom. The van der Waals surface area contributed by atoms with E-state index >= 15 is 0 Å². The largest absolute Gasteiger partial charge is 0.492 e. The van der Waals surface area contributed by atoms with Gasteiger partial charge in [-0.05, 0) is 51.5 Å². The molecule has 0 spiro atoms. The van der Waals surface area contributed by atoms with E-state index in [4.69, 9.17) is 4.74 Å². The number of carbonyl (C=O) groups excluding carboxylic acids is 1. The maximum atomic E-state index is 13.2. The summed E-state index contributed by atoms with van der Waals surface area (Å²) in [6.45, 7) is 12.6. The van der Waals surface area contributed by atoms with Crippen LogP contribution in [0.5, 0.6) is 5.75 Å². The zero-order chi connectivity index (χ0) is 25.8. The number of hydrogen-bond acceptors (Lipinski definition) is 5. The topological polar surface area (TPSA) is 93.5 Å². The molecule has 0 saturated heterocycles. The average molecular weight is 499 g/mol. The molecular weight excluding hydrogens is 464 g/mol. The Morgan fingerprint density at radius 3 is 2.29 bits per heavy atom. The molecule has 35 heavy (non-hydrogen) atoms. The predicted octanol–water partition coefficient (Wildman–Crippen LogP) is 4.54. The Kier molecular flexibility index (Phi) is 8.34. The fourth-order valence-electron chi connectivity index (χ4n) is 4.00. The Bertz CT molecular complexity index is 1290. The molecule has 0 radical (unpaired) electrons. The molecule has 8 nitrogen and oxygen atoms in total. The summed E-state index contributed by atoms with van der Waals surface area (Å²) >= 11 is 0. The molecule has 3 aromatic rings. The lowest BCUT2D eigenvalue weighted by Gasteiger charge is -2.21. The molecule has 188 valence electrons. The molecule has 0 aliphatic heterocycles. The first-order valence-corrected chi connectivity index (χ1v) is 13.2. The average Bonchev–Trinajstić information content (AvgIpc) is 3.09. The maximum absolute atomic E-state index is 13.2. The van der Waals surface area contributed by atoms with Crippen LogP contribution in [0.1, 0.15) is 53.6 Å². The van der Waals surface area contributed by atoms with Crippen molar-refractivity contribution in [3.05, 3.63) is 70.5 Å². The van der Waals surface area contributed by atoms with Gasteiger partial charge < -0.3 is 10.1 Å². The van der Waals surface area contributed by atoms with Crippen LogP contribution in [-0.4, -0.2) is 48.1 Å². The molecule has 0 bridgehead atoms. The molecule has 0 aliphatic carbocycles. The Morgan fingerprint density at radius 1 is 1.03 bits per heavy atom. The van der Waals surface area contributed by atoms with Crippen LogP contribution >= 0.6 is 0 Å². The first-order chi connectivity index (χ1) is 16.6. The molecule has 0 unspecified atom stereocenters. The van der Waals surface area contributed by atoms with Crippen LogP contribution in [0.15, 0.2) is 47.4 Å². The number of rotatable bonds is 10. The third kappa shape index (κ3) is 5.74. The van der Waals surface area contributed by atoms with Crippen LogP contribution in [0.4, 0.5) is 5.69 Å². The van der Waals surface area contributed by atoms with Gasteiger partial charge in [-0.3, -0.25) is 9.48 Å². The molecular formula is C26H34N4O4S. The zero-order valence-corrected chi connectivity index (χ0v) is 22.1. The summed E-state index contributed by atoms with van der Waals surface area (Å²) in [5, 5.41) is 7.42. The van der Waals surface area contributed by atoms with Crippen molar-refractivity contribution in [2.24, 2.45) is 0 Å². The number of ether oxygens (including phenoxy) is 1. The third-order valence-corrected chi connectivity index (χ3v) is 7.96. The van der Waals surface area contributed by atoms with E-state index < -0.39 is 10.0 Å². The van der Waals surface area contributed by atoms with Gasteiger partial charge in [-0.2, -0.15) is 9.40 Å². The van der Waals surface area contributed by atoms with E-state index in [1.165, 1.54) is 15.9 Å². The number of sulfonamides is 1. The molecule has 2 aromatic carbocycles. The molecule has 0 atom stereocenters. The van der Waals surface area contributed by atoms with E-state index in [-0.39, 0.29) is 16.6 Å². The summed E-state index contributed by atoms with van der Waals surface area (Å²) in [5.41, 5.74) is 4.45. The van der Waals surface area contributed by atoms with E-state index in [0.717, 1.165) is 11.3 Å². The van der Waals surface area contributed by atoms with Crippen molar-refractivity contribution in [3.8, 4) is 5.75 Å². The second kappa shape index (κ2) is 11.0. The SMILES string of the molecule is CCOc1ccc(NC(=O)c2c(C)nn(Cc3ccc(C)cc3)c2C)cc1S(=O)(=O)N(CC)CC. The highest BCUT2D eigenvalue weighted by Gasteiger charge is 2.27. The highest BCUT2D eigenvalue weighted by atomic mass is 32.2. The molecule has 3 rings (SSSR count). The molecule has 1 amide bonds. The third-order valence-electron chi connectivity index (χ3n) is 5.89. The number of aryl methyl sites for hydroxylation is 2. The molecule has 1 aromatic heterocycles. The summed E-state index contributed by atoms with van der Waals surface area (Å²) < 4.78 is 35.2. The number of anilines is 1. The van der Waals surface area contributed by atoms with Crippen LogP contribution in [0.25, 0.3) is 0 Å². The fourth-order valence-corrected chi connectivity index (χ4v) is 5.62. The minimum absolute atomic E-state index is 0.0318. The minimum Gasteiger partial charge on any atom is -0.492 e. The van der Waals surface area contributed by atoms with Crippen LogP contribution in [0.3, 0.4) is 0 Å². The van der Waals surface area contributed by atoms with E-state index in [0.29, 0.717) is 43.2 Å². The highest BCUT2D eigenvalue weighted by molar-refractivity contribution is 7.89. The number of nitrogens with zero attached hydrogens (tertiary/aromatic N) is 3. The normalized spacial score (nSPS) is 11.6. The van der Waals surface area contributed by atoms with Crippen molar-refractivity contribution < 1.29 is 17.9 Å². The fraction of sp³-hybridized carbons (Fsp3) is 0.385. The van der Waals surface area contributed by atoms with Gasteiger partial charge in [0.1, 0.15) is 10.6 Å². The van der Waals surface area contributed by atoms with Crippen LogP contribution in [0, 0.1) is 20.8 Å². The first kappa shape index (κ1) is 26.4. The van der Waals surface area contributed by atoms with Gasteiger partial charge in [0, 0.05) is 24.5 Å². The van der Waals surface area contributed by atoms with Crippen LogP contribution in [0.2, 0.25) is 0 Å². The Labute approximate surface area is 208 Å². The zero-order valence-electron chi connectivity index (χ0n) is 21.3. The van der Waals surface area contributed by atoms with Crippen molar-refractivity contribution in [1.82, 2.24) is 14.1 Å². The number of nitrogens with one attached hydrogen (secondary N) is 1. The van der Waals surface area contributed by atoms with Crippen molar-refractivity contribution in [2.75, 3.05) is 25.0 Å². The summed E-state index contributed by atoms with van der Waals surface area (Å²) in [6.07, 6.45) is 0. The van der Waals surface area contributed by atoms with Crippen molar-refractivity contribution in [2.45, 2.75) is 53.0 Å². The number of carbonyl (C=O) groups is 1. The van der Waals surface area contributed by atoms with Gasteiger partial charge in [0.2, 0.25) is 10.0 Å². The molecule has 1 heterocycles. The van der Waals surface area contributed by atoms with Crippen LogP contribution in [-0.2, 0) is 16.6 Å². The van der Waals surface area contributed by atoms with Gasteiger partial charge in [-0.1, -0.05) is 43.7 Å². The second-order valence-electron chi connectivity index (χ2n) is 8.33. The number of hydrogen-bond donors (Lipinski definition) is 1. The molecule has 1 N–H and O–H groups in total. The number of aromatic nitrogens is 2. The highest BCUT2D eigenvalue weighted by Crippen LogP contribution is 2.30. The standard InChI is InChI=1S/C26H34N4O4S/c1-7-29(8-2)35(32,33)24-16-22(14-15-23(24)34-9-3)27-26(31)25-19(5)28-30(20(25)6)17-21-12-10-18(4)11-13-21/h10-16H,7-9,17H2,1-6H3,(H,27,31). The van der Waals surface area contributed by atoms with E-state index in [1.807, 2.05) is 42.8 Å². The van der Waals surface area contributed by atoms with Gasteiger partial charge in [-0.15, -0.1) is 0 Å². The first-order valence-electron chi connectivity index (χ1n) is 11.8. The molecule has 0 fully saturated rings. The second-order valence-corrected chi connectivity index (χ2v) is 10.2.